The first-order chi connectivity index (χ1) is 8.66. The second kappa shape index (κ2) is 6.39. The Hall–Kier alpha value is -0.800. The van der Waals surface area contributed by atoms with Crippen LogP contribution >= 0.6 is 11.6 Å². The van der Waals surface area contributed by atoms with Gasteiger partial charge in [0.1, 0.15) is 5.82 Å². The van der Waals surface area contributed by atoms with Gasteiger partial charge in [-0.3, -0.25) is 0 Å². The molecule has 100 valence electrons. The van der Waals surface area contributed by atoms with Crippen LogP contribution in [0.3, 0.4) is 0 Å². The van der Waals surface area contributed by atoms with Crippen LogP contribution in [0.1, 0.15) is 38.7 Å². The lowest BCUT2D eigenvalue weighted by atomic mass is 10.1. The van der Waals surface area contributed by atoms with Gasteiger partial charge in [-0.15, -0.1) is 0 Å². The van der Waals surface area contributed by atoms with Crippen molar-refractivity contribution in [1.82, 2.24) is 10.3 Å². The summed E-state index contributed by atoms with van der Waals surface area (Å²) in [6, 6.07) is 2.59. The monoisotopic (exact) mass is 267 g/mol. The maximum Gasteiger partial charge on any atom is 0.128 e. The third kappa shape index (κ3) is 3.59. The molecule has 18 heavy (non-hydrogen) atoms. The molecule has 0 bridgehead atoms. The first kappa shape index (κ1) is 13.6. The van der Waals surface area contributed by atoms with Crippen molar-refractivity contribution >= 4 is 17.4 Å². The van der Waals surface area contributed by atoms with E-state index in [1.807, 2.05) is 0 Å². The van der Waals surface area contributed by atoms with Crippen molar-refractivity contribution in [2.24, 2.45) is 0 Å². The van der Waals surface area contributed by atoms with Crippen LogP contribution in [0.25, 0.3) is 0 Å². The van der Waals surface area contributed by atoms with Crippen LogP contribution in [0, 0.1) is 0 Å². The van der Waals surface area contributed by atoms with Gasteiger partial charge in [-0.1, -0.05) is 25.4 Å². The molecule has 4 heteroatoms. The number of hydrogen-bond acceptors (Lipinski definition) is 3. The van der Waals surface area contributed by atoms with E-state index >= 15 is 0 Å². The molecule has 1 aromatic heterocycles. The highest BCUT2D eigenvalue weighted by molar-refractivity contribution is 6.31. The van der Waals surface area contributed by atoms with Gasteiger partial charge in [0.2, 0.25) is 0 Å². The smallest absolute Gasteiger partial charge is 0.128 e. The summed E-state index contributed by atoms with van der Waals surface area (Å²) < 4.78 is 0. The summed E-state index contributed by atoms with van der Waals surface area (Å²) in [5.74, 6) is 1.07. The van der Waals surface area contributed by atoms with E-state index in [9.17, 15) is 0 Å². The van der Waals surface area contributed by atoms with Crippen molar-refractivity contribution in [3.63, 3.8) is 0 Å². The molecule has 0 atom stereocenters. The average molecular weight is 268 g/mol. The number of pyridine rings is 1. The molecule has 2 heterocycles. The Morgan fingerprint density at radius 3 is 2.72 bits per heavy atom. The van der Waals surface area contributed by atoms with Crippen molar-refractivity contribution in [1.29, 1.82) is 0 Å². The lowest BCUT2D eigenvalue weighted by molar-refractivity contribution is 0.571. The molecule has 1 aliphatic heterocycles. The van der Waals surface area contributed by atoms with Crippen LogP contribution < -0.4 is 10.2 Å². The molecule has 1 fully saturated rings. The normalized spacial score (nSPS) is 16.3. The van der Waals surface area contributed by atoms with Crippen LogP contribution in [0.4, 0.5) is 5.82 Å². The molecular formula is C14H22ClN3. The Bertz CT molecular complexity index is 387. The highest BCUT2D eigenvalue weighted by Crippen LogP contribution is 2.23. The van der Waals surface area contributed by atoms with E-state index in [1.165, 1.54) is 19.3 Å². The number of aromatic nitrogens is 1. The number of piperidine rings is 1. The van der Waals surface area contributed by atoms with E-state index in [0.717, 1.165) is 36.0 Å². The van der Waals surface area contributed by atoms with Crippen LogP contribution in [0.15, 0.2) is 12.3 Å². The summed E-state index contributed by atoms with van der Waals surface area (Å²) >= 11 is 6.20. The van der Waals surface area contributed by atoms with Crippen molar-refractivity contribution < 1.29 is 0 Å². The van der Waals surface area contributed by atoms with E-state index in [1.54, 1.807) is 6.20 Å². The lowest BCUT2D eigenvalue weighted by Crippen LogP contribution is -2.30. The minimum atomic E-state index is 0.465. The van der Waals surface area contributed by atoms with Crippen LogP contribution in [-0.4, -0.2) is 24.1 Å². The van der Waals surface area contributed by atoms with E-state index < -0.39 is 0 Å². The zero-order valence-electron chi connectivity index (χ0n) is 11.2. The van der Waals surface area contributed by atoms with Gasteiger partial charge in [0.05, 0.1) is 5.02 Å². The second-order valence-electron chi connectivity index (χ2n) is 5.22. The molecule has 0 unspecified atom stereocenters. The molecule has 0 amide bonds. The summed E-state index contributed by atoms with van der Waals surface area (Å²) in [7, 11) is 0. The first-order valence-electron chi connectivity index (χ1n) is 6.79. The molecule has 1 N–H and O–H groups in total. The summed E-state index contributed by atoms with van der Waals surface area (Å²) in [6.45, 7) is 7.32. The van der Waals surface area contributed by atoms with Crippen LogP contribution in [0.2, 0.25) is 5.02 Å². The molecule has 2 rings (SSSR count). The van der Waals surface area contributed by atoms with Gasteiger partial charge in [-0.05, 0) is 30.9 Å². The molecule has 1 aromatic rings. The second-order valence-corrected chi connectivity index (χ2v) is 5.62. The Balaban J connectivity index is 2.09. The van der Waals surface area contributed by atoms with E-state index in [-0.39, 0.29) is 0 Å². The van der Waals surface area contributed by atoms with Gasteiger partial charge >= 0.3 is 0 Å². The fourth-order valence-corrected chi connectivity index (χ4v) is 2.38. The maximum absolute atomic E-state index is 6.20. The third-order valence-electron chi connectivity index (χ3n) is 3.30. The fourth-order valence-electron chi connectivity index (χ4n) is 2.21. The number of anilines is 1. The summed E-state index contributed by atoms with van der Waals surface area (Å²) in [5, 5.41) is 4.16. The number of halogens is 1. The Labute approximate surface area is 115 Å². The van der Waals surface area contributed by atoms with Gasteiger partial charge in [-0.2, -0.15) is 0 Å². The average Bonchev–Trinajstić information content (AvgIpc) is 2.38. The molecule has 1 saturated heterocycles. The van der Waals surface area contributed by atoms with Crippen LogP contribution in [-0.2, 0) is 6.54 Å². The number of nitrogens with one attached hydrogen (secondary N) is 1. The number of rotatable bonds is 4. The molecular weight excluding hydrogens is 246 g/mol. The van der Waals surface area contributed by atoms with E-state index in [0.29, 0.717) is 6.04 Å². The molecule has 0 aliphatic carbocycles. The zero-order valence-corrected chi connectivity index (χ0v) is 12.0. The summed E-state index contributed by atoms with van der Waals surface area (Å²) in [6.07, 6.45) is 5.66. The SMILES string of the molecule is CC(C)NCc1cc(N2CCCCC2)ncc1Cl. The van der Waals surface area contributed by atoms with E-state index in [4.69, 9.17) is 11.6 Å². The van der Waals surface area contributed by atoms with Gasteiger partial charge < -0.3 is 10.2 Å². The molecule has 0 saturated carbocycles. The third-order valence-corrected chi connectivity index (χ3v) is 3.64. The first-order valence-corrected chi connectivity index (χ1v) is 7.17. The van der Waals surface area contributed by atoms with Gasteiger partial charge in [0.25, 0.3) is 0 Å². The van der Waals surface area contributed by atoms with Crippen molar-refractivity contribution in [3.8, 4) is 0 Å². The molecule has 3 nitrogen and oxygen atoms in total. The summed E-state index contributed by atoms with van der Waals surface area (Å²) in [5.41, 5.74) is 1.14. The van der Waals surface area contributed by atoms with Crippen LogP contribution in [0.5, 0.6) is 0 Å². The summed E-state index contributed by atoms with van der Waals surface area (Å²) in [4.78, 5) is 6.82. The largest absolute Gasteiger partial charge is 0.357 e. The van der Waals surface area contributed by atoms with Gasteiger partial charge in [0.15, 0.2) is 0 Å². The zero-order chi connectivity index (χ0) is 13.0. The predicted octanol–water partition coefficient (Wildman–Crippen LogP) is 3.22. The standard InChI is InChI=1S/C14H22ClN3/c1-11(2)16-9-12-8-14(17-10-13(12)15)18-6-4-3-5-7-18/h8,10-11,16H,3-7,9H2,1-2H3. The van der Waals surface area contributed by atoms with Crippen molar-refractivity contribution in [2.75, 3.05) is 18.0 Å². The molecule has 0 spiro atoms. The number of hydrogen-bond donors (Lipinski definition) is 1. The highest BCUT2D eigenvalue weighted by atomic mass is 35.5. The highest BCUT2D eigenvalue weighted by Gasteiger charge is 2.13. The predicted molar refractivity (Wildman–Crippen MR) is 77.3 cm³/mol. The quantitative estimate of drug-likeness (QED) is 0.908. The topological polar surface area (TPSA) is 28.2 Å². The maximum atomic E-state index is 6.20. The van der Waals surface area contributed by atoms with Crippen molar-refractivity contribution in [2.45, 2.75) is 45.7 Å². The fraction of sp³-hybridized carbons (Fsp3) is 0.643. The van der Waals surface area contributed by atoms with Gasteiger partial charge in [0, 0.05) is 31.9 Å². The Kier molecular flexibility index (Phi) is 4.84. The minimum absolute atomic E-state index is 0.465. The lowest BCUT2D eigenvalue weighted by Gasteiger charge is -2.28. The van der Waals surface area contributed by atoms with E-state index in [2.05, 4.69) is 35.1 Å². The van der Waals surface area contributed by atoms with Gasteiger partial charge in [-0.25, -0.2) is 4.98 Å². The molecule has 0 radical (unpaired) electrons. The molecule has 0 aromatic carbocycles. The molecule has 1 aliphatic rings. The Morgan fingerprint density at radius 2 is 2.06 bits per heavy atom. The van der Waals surface area contributed by atoms with Crippen molar-refractivity contribution in [3.05, 3.63) is 22.8 Å². The minimum Gasteiger partial charge on any atom is -0.357 e. The number of nitrogens with zero attached hydrogens (tertiary/aromatic N) is 2. The Morgan fingerprint density at radius 1 is 1.33 bits per heavy atom.